The van der Waals surface area contributed by atoms with E-state index >= 15 is 0 Å². The number of benzene rings is 3. The van der Waals surface area contributed by atoms with Crippen LogP contribution in [-0.2, 0) is 11.4 Å². The molecule has 5 nitrogen and oxygen atoms in total. The van der Waals surface area contributed by atoms with Crippen LogP contribution in [0.1, 0.15) is 11.1 Å². The van der Waals surface area contributed by atoms with Gasteiger partial charge in [0.15, 0.2) is 11.5 Å². The fraction of sp³-hybridized carbons (Fsp3) is 0.125. The fourth-order valence-electron chi connectivity index (χ4n) is 2.77. The number of methoxy groups -OCH3 is 2. The number of nitrogens with one attached hydrogen (secondary N) is 1. The molecule has 0 aliphatic rings. The Bertz CT molecular complexity index is 1030. The largest absolute Gasteiger partial charge is 0.495 e. The minimum absolute atomic E-state index is 0.307. The molecule has 0 radical (unpaired) electrons. The lowest BCUT2D eigenvalue weighted by atomic mass is 10.2. The van der Waals surface area contributed by atoms with Crippen LogP contribution in [0.4, 0.5) is 5.69 Å². The van der Waals surface area contributed by atoms with Crippen molar-refractivity contribution in [3.63, 3.8) is 0 Å². The van der Waals surface area contributed by atoms with Crippen LogP contribution >= 0.6 is 11.6 Å². The highest BCUT2D eigenvalue weighted by Crippen LogP contribution is 2.30. The molecule has 0 saturated heterocycles. The van der Waals surface area contributed by atoms with E-state index in [1.807, 2.05) is 48.5 Å². The quantitative estimate of drug-likeness (QED) is 0.480. The molecule has 3 aromatic carbocycles. The van der Waals surface area contributed by atoms with Crippen LogP contribution in [0.2, 0.25) is 5.02 Å². The van der Waals surface area contributed by atoms with Gasteiger partial charge >= 0.3 is 0 Å². The Hall–Kier alpha value is -3.44. The van der Waals surface area contributed by atoms with Gasteiger partial charge in [0.1, 0.15) is 12.4 Å². The van der Waals surface area contributed by atoms with Gasteiger partial charge in [-0.3, -0.25) is 4.79 Å². The van der Waals surface area contributed by atoms with Gasteiger partial charge in [0.25, 0.3) is 0 Å². The van der Waals surface area contributed by atoms with E-state index in [4.69, 9.17) is 25.8 Å². The van der Waals surface area contributed by atoms with Crippen LogP contribution in [0, 0.1) is 0 Å². The summed E-state index contributed by atoms with van der Waals surface area (Å²) in [6.45, 7) is 0.441. The van der Waals surface area contributed by atoms with Crippen LogP contribution in [0.25, 0.3) is 6.08 Å². The number of anilines is 1. The Morgan fingerprint density at radius 3 is 2.40 bits per heavy atom. The Kier molecular flexibility index (Phi) is 7.35. The van der Waals surface area contributed by atoms with Crippen molar-refractivity contribution in [2.24, 2.45) is 0 Å². The summed E-state index contributed by atoms with van der Waals surface area (Å²) in [4.78, 5) is 12.3. The molecule has 0 aliphatic carbocycles. The van der Waals surface area contributed by atoms with Crippen molar-refractivity contribution in [1.29, 1.82) is 0 Å². The zero-order valence-corrected chi connectivity index (χ0v) is 17.5. The normalized spacial score (nSPS) is 10.6. The third-order valence-corrected chi connectivity index (χ3v) is 4.51. The first-order chi connectivity index (χ1) is 14.6. The van der Waals surface area contributed by atoms with Crippen LogP contribution in [0.3, 0.4) is 0 Å². The van der Waals surface area contributed by atoms with Gasteiger partial charge in [-0.1, -0.05) is 48.0 Å². The van der Waals surface area contributed by atoms with Gasteiger partial charge in [-0.05, 0) is 47.5 Å². The molecule has 0 heterocycles. The molecule has 0 aromatic heterocycles. The molecule has 0 saturated carbocycles. The fourth-order valence-corrected chi connectivity index (χ4v) is 2.94. The Labute approximate surface area is 180 Å². The van der Waals surface area contributed by atoms with Crippen LogP contribution in [0.15, 0.2) is 72.8 Å². The van der Waals surface area contributed by atoms with Crippen LogP contribution < -0.4 is 19.5 Å². The van der Waals surface area contributed by atoms with Crippen LogP contribution in [0.5, 0.6) is 17.2 Å². The van der Waals surface area contributed by atoms with Crippen molar-refractivity contribution in [1.82, 2.24) is 0 Å². The van der Waals surface area contributed by atoms with Crippen molar-refractivity contribution in [2.45, 2.75) is 6.61 Å². The molecular formula is C24H22ClNO4. The first-order valence-corrected chi connectivity index (χ1v) is 9.64. The molecule has 30 heavy (non-hydrogen) atoms. The van der Waals surface area contributed by atoms with E-state index in [1.54, 1.807) is 31.4 Å². The molecule has 0 fully saturated rings. The molecule has 0 atom stereocenters. The highest BCUT2D eigenvalue weighted by atomic mass is 35.5. The lowest BCUT2D eigenvalue weighted by Gasteiger charge is -2.11. The van der Waals surface area contributed by atoms with Crippen molar-refractivity contribution >= 4 is 29.3 Å². The van der Waals surface area contributed by atoms with Gasteiger partial charge in [0.2, 0.25) is 5.91 Å². The van der Waals surface area contributed by atoms with Gasteiger partial charge in [0, 0.05) is 11.1 Å². The zero-order valence-electron chi connectivity index (χ0n) is 16.7. The van der Waals surface area contributed by atoms with Gasteiger partial charge in [-0.15, -0.1) is 0 Å². The van der Waals surface area contributed by atoms with Crippen molar-refractivity contribution in [3.05, 3.63) is 89.0 Å². The second-order valence-electron chi connectivity index (χ2n) is 6.35. The standard InChI is InChI=1S/C24H22ClNO4/c1-28-21-12-10-19(25)15-20(21)26-24(27)13-9-17-8-11-22(23(14-17)29-2)30-16-18-6-4-3-5-7-18/h3-15H,16H2,1-2H3,(H,26,27)/b13-9+. The number of hydrogen-bond donors (Lipinski definition) is 1. The number of hydrogen-bond acceptors (Lipinski definition) is 4. The first kappa shape index (κ1) is 21.3. The van der Waals surface area contributed by atoms with Gasteiger partial charge in [0.05, 0.1) is 19.9 Å². The summed E-state index contributed by atoms with van der Waals surface area (Å²) in [6, 6.07) is 20.4. The van der Waals surface area contributed by atoms with E-state index in [9.17, 15) is 4.79 Å². The maximum Gasteiger partial charge on any atom is 0.248 e. The van der Waals surface area contributed by atoms with E-state index in [1.165, 1.54) is 13.2 Å². The zero-order chi connectivity index (χ0) is 21.3. The highest BCUT2D eigenvalue weighted by molar-refractivity contribution is 6.31. The maximum atomic E-state index is 12.3. The number of ether oxygens (including phenoxy) is 3. The topological polar surface area (TPSA) is 56.8 Å². The molecule has 6 heteroatoms. The molecule has 0 bridgehead atoms. The smallest absolute Gasteiger partial charge is 0.248 e. The second-order valence-corrected chi connectivity index (χ2v) is 6.79. The molecule has 3 rings (SSSR count). The summed E-state index contributed by atoms with van der Waals surface area (Å²) >= 11 is 5.99. The predicted octanol–water partition coefficient (Wildman–Crippen LogP) is 5.59. The third kappa shape index (κ3) is 5.78. The summed E-state index contributed by atoms with van der Waals surface area (Å²) in [7, 11) is 3.11. The van der Waals surface area contributed by atoms with Crippen molar-refractivity contribution in [3.8, 4) is 17.2 Å². The van der Waals surface area contributed by atoms with E-state index in [2.05, 4.69) is 5.32 Å². The molecule has 154 valence electrons. The minimum atomic E-state index is -0.307. The molecule has 1 amide bonds. The minimum Gasteiger partial charge on any atom is -0.495 e. The Morgan fingerprint density at radius 1 is 0.933 bits per heavy atom. The van der Waals surface area contributed by atoms with Gasteiger partial charge in [-0.25, -0.2) is 0 Å². The second kappa shape index (κ2) is 10.4. The lowest BCUT2D eigenvalue weighted by molar-refractivity contribution is -0.111. The van der Waals surface area contributed by atoms with E-state index < -0.39 is 0 Å². The monoisotopic (exact) mass is 423 g/mol. The predicted molar refractivity (Wildman–Crippen MR) is 119 cm³/mol. The maximum absolute atomic E-state index is 12.3. The van der Waals surface area contributed by atoms with Gasteiger partial charge in [-0.2, -0.15) is 0 Å². The van der Waals surface area contributed by atoms with E-state index in [0.717, 1.165) is 11.1 Å². The molecule has 0 spiro atoms. The SMILES string of the molecule is COc1ccc(Cl)cc1NC(=O)/C=C/c1ccc(OCc2ccccc2)c(OC)c1. The third-order valence-electron chi connectivity index (χ3n) is 4.27. The molecule has 1 N–H and O–H groups in total. The summed E-state index contributed by atoms with van der Waals surface area (Å²) < 4.78 is 16.5. The van der Waals surface area contributed by atoms with Crippen LogP contribution in [-0.4, -0.2) is 20.1 Å². The molecule has 0 unspecified atom stereocenters. The first-order valence-electron chi connectivity index (χ1n) is 9.26. The summed E-state index contributed by atoms with van der Waals surface area (Å²) in [5.74, 6) is 1.44. The van der Waals surface area contributed by atoms with Crippen molar-refractivity contribution in [2.75, 3.05) is 19.5 Å². The number of carbonyl (C=O) groups excluding carboxylic acids is 1. The number of amides is 1. The summed E-state index contributed by atoms with van der Waals surface area (Å²) in [5.41, 5.74) is 2.37. The summed E-state index contributed by atoms with van der Waals surface area (Å²) in [6.07, 6.45) is 3.12. The van der Waals surface area contributed by atoms with Gasteiger partial charge < -0.3 is 19.5 Å². The Balaban J connectivity index is 1.66. The van der Waals surface area contributed by atoms with E-state index in [0.29, 0.717) is 34.6 Å². The molecule has 0 aliphatic heterocycles. The van der Waals surface area contributed by atoms with E-state index in [-0.39, 0.29) is 5.91 Å². The Morgan fingerprint density at radius 2 is 1.67 bits per heavy atom. The number of halogens is 1. The number of carbonyl (C=O) groups is 1. The summed E-state index contributed by atoms with van der Waals surface area (Å²) in [5, 5.41) is 3.27. The molecule has 3 aromatic rings. The highest BCUT2D eigenvalue weighted by Gasteiger charge is 2.08. The number of rotatable bonds is 8. The lowest BCUT2D eigenvalue weighted by Crippen LogP contribution is -2.08. The average molecular weight is 424 g/mol. The van der Waals surface area contributed by atoms with Crippen molar-refractivity contribution < 1.29 is 19.0 Å². The molecular weight excluding hydrogens is 402 g/mol. The average Bonchev–Trinajstić information content (AvgIpc) is 2.77.